The fourth-order valence-corrected chi connectivity index (χ4v) is 0.119. The third-order valence-electron chi connectivity index (χ3n) is 0.322. The SMILES string of the molecule is C#C/C=C\C(=O)O. The van der Waals surface area contributed by atoms with Gasteiger partial charge in [0.25, 0.3) is 0 Å². The van der Waals surface area contributed by atoms with Crippen molar-refractivity contribution in [1.29, 1.82) is 0 Å². The van der Waals surface area contributed by atoms with Crippen molar-refractivity contribution in [2.24, 2.45) is 0 Å². The number of aliphatic carboxylic acids is 1. The van der Waals surface area contributed by atoms with Gasteiger partial charge in [-0.05, 0) is 6.08 Å². The number of carboxylic acid groups (broad SMARTS) is 1. The molecule has 0 unspecified atom stereocenters. The van der Waals surface area contributed by atoms with Gasteiger partial charge < -0.3 is 5.11 Å². The molecule has 0 fully saturated rings. The van der Waals surface area contributed by atoms with Gasteiger partial charge in [-0.3, -0.25) is 0 Å². The van der Waals surface area contributed by atoms with Crippen molar-refractivity contribution in [3.8, 4) is 12.3 Å². The molecule has 0 aromatic carbocycles. The van der Waals surface area contributed by atoms with Gasteiger partial charge in [-0.15, -0.1) is 6.42 Å². The van der Waals surface area contributed by atoms with Gasteiger partial charge in [0, 0.05) is 6.08 Å². The van der Waals surface area contributed by atoms with Gasteiger partial charge in [-0.2, -0.15) is 0 Å². The average Bonchev–Trinajstić information content (AvgIpc) is 1.61. The lowest BCUT2D eigenvalue weighted by Gasteiger charge is -1.68. The quantitative estimate of drug-likeness (QED) is 0.375. The first-order valence-corrected chi connectivity index (χ1v) is 1.63. The molecule has 0 aliphatic heterocycles. The minimum Gasteiger partial charge on any atom is -0.478 e. The van der Waals surface area contributed by atoms with Crippen LogP contribution in [0.15, 0.2) is 12.2 Å². The number of carbonyl (C=O) groups is 1. The van der Waals surface area contributed by atoms with Crippen LogP contribution in [-0.4, -0.2) is 11.1 Å². The second kappa shape index (κ2) is 2.98. The van der Waals surface area contributed by atoms with Gasteiger partial charge in [0.15, 0.2) is 0 Å². The second-order valence-electron chi connectivity index (χ2n) is 0.838. The average molecular weight is 96.1 g/mol. The first kappa shape index (κ1) is 5.77. The summed E-state index contributed by atoms with van der Waals surface area (Å²) in [7, 11) is 0. The highest BCUT2D eigenvalue weighted by molar-refractivity contribution is 5.80. The van der Waals surface area contributed by atoms with E-state index in [1.165, 1.54) is 0 Å². The van der Waals surface area contributed by atoms with E-state index in [0.717, 1.165) is 12.2 Å². The summed E-state index contributed by atoms with van der Waals surface area (Å²) in [6.07, 6.45) is 6.71. The van der Waals surface area contributed by atoms with Crippen LogP contribution in [0.25, 0.3) is 0 Å². The van der Waals surface area contributed by atoms with Gasteiger partial charge in [-0.1, -0.05) is 5.92 Å². The molecule has 0 saturated carbocycles. The topological polar surface area (TPSA) is 37.3 Å². The lowest BCUT2D eigenvalue weighted by Crippen LogP contribution is -1.83. The van der Waals surface area contributed by atoms with Gasteiger partial charge in [0.05, 0.1) is 0 Å². The minimum absolute atomic E-state index is 0.903. The molecule has 0 saturated heterocycles. The third-order valence-corrected chi connectivity index (χ3v) is 0.322. The molecule has 0 heterocycles. The molecule has 36 valence electrons. The molecule has 0 amide bonds. The van der Waals surface area contributed by atoms with E-state index in [1.807, 2.05) is 5.92 Å². The summed E-state index contributed by atoms with van der Waals surface area (Å²) < 4.78 is 0. The van der Waals surface area contributed by atoms with Crippen LogP contribution >= 0.6 is 0 Å². The first-order chi connectivity index (χ1) is 3.27. The van der Waals surface area contributed by atoms with Gasteiger partial charge >= 0.3 is 5.97 Å². The summed E-state index contributed by atoms with van der Waals surface area (Å²) in [4.78, 5) is 9.58. The Morgan fingerprint density at radius 1 is 1.86 bits per heavy atom. The summed E-state index contributed by atoms with van der Waals surface area (Å²) in [6, 6.07) is 0. The summed E-state index contributed by atoms with van der Waals surface area (Å²) in [5.41, 5.74) is 0. The molecule has 7 heavy (non-hydrogen) atoms. The molecule has 0 bridgehead atoms. The summed E-state index contributed by atoms with van der Waals surface area (Å²) >= 11 is 0. The van der Waals surface area contributed by atoms with E-state index in [4.69, 9.17) is 5.11 Å². The van der Waals surface area contributed by atoms with Gasteiger partial charge in [0.2, 0.25) is 0 Å². The zero-order valence-electron chi connectivity index (χ0n) is 3.59. The lowest BCUT2D eigenvalue weighted by molar-refractivity contribution is -0.131. The first-order valence-electron chi connectivity index (χ1n) is 1.63. The molecule has 2 nitrogen and oxygen atoms in total. The van der Waals surface area contributed by atoms with Gasteiger partial charge in [-0.25, -0.2) is 4.79 Å². The maximum Gasteiger partial charge on any atom is 0.328 e. The Morgan fingerprint density at radius 3 is 2.57 bits per heavy atom. The molecule has 2 heteroatoms. The molecule has 0 atom stereocenters. The predicted molar refractivity (Wildman–Crippen MR) is 25.6 cm³/mol. The van der Waals surface area contributed by atoms with E-state index in [9.17, 15) is 4.79 Å². The molecule has 1 N–H and O–H groups in total. The number of carboxylic acids is 1. The van der Waals surface area contributed by atoms with E-state index in [-0.39, 0.29) is 0 Å². The molecule has 0 aliphatic rings. The Bertz CT molecular complexity index is 128. The molecule has 0 aromatic heterocycles. The van der Waals surface area contributed by atoms with E-state index in [0.29, 0.717) is 0 Å². The van der Waals surface area contributed by atoms with E-state index >= 15 is 0 Å². The molecule has 0 aliphatic carbocycles. The monoisotopic (exact) mass is 96.0 g/mol. The maximum atomic E-state index is 9.58. The second-order valence-corrected chi connectivity index (χ2v) is 0.838. The summed E-state index contributed by atoms with van der Waals surface area (Å²) in [5, 5.41) is 7.86. The molecular formula is C5H4O2. The van der Waals surface area contributed by atoms with Crippen LogP contribution in [-0.2, 0) is 4.79 Å². The Labute approximate surface area is 41.5 Å². The van der Waals surface area contributed by atoms with Crippen LogP contribution < -0.4 is 0 Å². The molecule has 0 rings (SSSR count). The molecule has 0 spiro atoms. The fourth-order valence-electron chi connectivity index (χ4n) is 0.119. The Morgan fingerprint density at radius 2 is 2.43 bits per heavy atom. The van der Waals surface area contributed by atoms with E-state index in [1.54, 1.807) is 0 Å². The minimum atomic E-state index is -1.02. The van der Waals surface area contributed by atoms with Crippen LogP contribution in [0, 0.1) is 12.3 Å². The Hall–Kier alpha value is -1.23. The summed E-state index contributed by atoms with van der Waals surface area (Å²) in [5.74, 6) is 1.02. The normalized spacial score (nSPS) is 8.43. The number of terminal acetylenes is 1. The van der Waals surface area contributed by atoms with Crippen molar-refractivity contribution < 1.29 is 9.90 Å². The maximum absolute atomic E-state index is 9.58. The fraction of sp³-hybridized carbons (Fsp3) is 0. The van der Waals surface area contributed by atoms with Crippen molar-refractivity contribution in [3.63, 3.8) is 0 Å². The van der Waals surface area contributed by atoms with Crippen molar-refractivity contribution in [2.75, 3.05) is 0 Å². The van der Waals surface area contributed by atoms with Crippen LogP contribution in [0.3, 0.4) is 0 Å². The third kappa shape index (κ3) is 4.77. The van der Waals surface area contributed by atoms with Crippen molar-refractivity contribution >= 4 is 5.97 Å². The highest BCUT2D eigenvalue weighted by Gasteiger charge is 1.78. The van der Waals surface area contributed by atoms with Gasteiger partial charge in [0.1, 0.15) is 0 Å². The highest BCUT2D eigenvalue weighted by Crippen LogP contribution is 1.66. The largest absolute Gasteiger partial charge is 0.478 e. The zero-order valence-corrected chi connectivity index (χ0v) is 3.59. The van der Waals surface area contributed by atoms with Crippen LogP contribution in [0.1, 0.15) is 0 Å². The Kier molecular flexibility index (Phi) is 2.46. The predicted octanol–water partition coefficient (Wildman–Crippen LogP) is 0.260. The smallest absolute Gasteiger partial charge is 0.328 e. The van der Waals surface area contributed by atoms with E-state index < -0.39 is 5.97 Å². The highest BCUT2D eigenvalue weighted by atomic mass is 16.4. The number of hydrogen-bond acceptors (Lipinski definition) is 1. The number of allylic oxidation sites excluding steroid dienone is 1. The van der Waals surface area contributed by atoms with E-state index in [2.05, 4.69) is 6.42 Å². The van der Waals surface area contributed by atoms with Crippen molar-refractivity contribution in [3.05, 3.63) is 12.2 Å². The Balaban J connectivity index is 3.53. The van der Waals surface area contributed by atoms with Crippen molar-refractivity contribution in [2.45, 2.75) is 0 Å². The standard InChI is InChI=1S/C5H4O2/c1-2-3-4-5(6)7/h1,3-4H,(H,6,7)/b4-3-. The number of rotatable bonds is 1. The summed E-state index contributed by atoms with van der Waals surface area (Å²) in [6.45, 7) is 0. The zero-order chi connectivity index (χ0) is 5.70. The van der Waals surface area contributed by atoms with Crippen molar-refractivity contribution in [1.82, 2.24) is 0 Å². The molecule has 0 radical (unpaired) electrons. The molecule has 0 aromatic rings. The van der Waals surface area contributed by atoms with Crippen LogP contribution in [0.5, 0.6) is 0 Å². The van der Waals surface area contributed by atoms with Crippen LogP contribution in [0.2, 0.25) is 0 Å². The lowest BCUT2D eigenvalue weighted by atomic mass is 10.5. The molecular weight excluding hydrogens is 92.1 g/mol. The van der Waals surface area contributed by atoms with Crippen LogP contribution in [0.4, 0.5) is 0 Å². The number of hydrogen-bond donors (Lipinski definition) is 1.